The van der Waals surface area contributed by atoms with Crippen molar-refractivity contribution in [2.24, 2.45) is 0 Å². The molecule has 0 spiro atoms. The van der Waals surface area contributed by atoms with Crippen molar-refractivity contribution in [3.8, 4) is 0 Å². The molecule has 118 valence electrons. The molecule has 0 aliphatic heterocycles. The van der Waals surface area contributed by atoms with Crippen LogP contribution in [0.2, 0.25) is 0 Å². The van der Waals surface area contributed by atoms with Crippen LogP contribution in [0.5, 0.6) is 0 Å². The highest BCUT2D eigenvalue weighted by molar-refractivity contribution is 7.16. The summed E-state index contributed by atoms with van der Waals surface area (Å²) >= 11 is 1.000. The van der Waals surface area contributed by atoms with Gasteiger partial charge in [-0.2, -0.15) is 13.2 Å². The molecule has 0 radical (unpaired) electrons. The number of halogens is 3. The summed E-state index contributed by atoms with van der Waals surface area (Å²) in [7, 11) is 0. The van der Waals surface area contributed by atoms with E-state index in [1.165, 1.54) is 0 Å². The first-order valence-electron chi connectivity index (χ1n) is 5.67. The third-order valence-corrected chi connectivity index (χ3v) is 3.78. The number of hydrogen-bond acceptors (Lipinski definition) is 4. The lowest BCUT2D eigenvalue weighted by atomic mass is 10.1. The molecule has 21 heavy (non-hydrogen) atoms. The SMILES string of the molecule is Cc1sc(NC(=O)NCC(O)C(F)(F)F)c(C(=O)O)c1C. The Labute approximate surface area is 121 Å². The van der Waals surface area contributed by atoms with Crippen molar-refractivity contribution in [3.05, 3.63) is 16.0 Å². The minimum Gasteiger partial charge on any atom is -0.478 e. The van der Waals surface area contributed by atoms with E-state index in [4.69, 9.17) is 10.2 Å². The maximum atomic E-state index is 12.1. The van der Waals surface area contributed by atoms with E-state index in [1.807, 2.05) is 5.32 Å². The van der Waals surface area contributed by atoms with E-state index in [1.54, 1.807) is 13.8 Å². The molecule has 1 aromatic heterocycles. The highest BCUT2D eigenvalue weighted by Gasteiger charge is 2.38. The molecule has 6 nitrogen and oxygen atoms in total. The summed E-state index contributed by atoms with van der Waals surface area (Å²) in [6.45, 7) is 2.19. The second-order valence-electron chi connectivity index (χ2n) is 4.18. The van der Waals surface area contributed by atoms with Crippen molar-refractivity contribution < 1.29 is 33.0 Å². The summed E-state index contributed by atoms with van der Waals surface area (Å²) in [4.78, 5) is 23.2. The number of carboxylic acid groups (broad SMARTS) is 1. The summed E-state index contributed by atoms with van der Waals surface area (Å²) in [6, 6.07) is -1.03. The molecule has 10 heteroatoms. The van der Waals surface area contributed by atoms with Crippen LogP contribution >= 0.6 is 11.3 Å². The number of amides is 2. The lowest BCUT2D eigenvalue weighted by molar-refractivity contribution is -0.201. The number of hydrogen-bond donors (Lipinski definition) is 4. The Hall–Kier alpha value is -1.81. The normalized spacial score (nSPS) is 12.9. The topological polar surface area (TPSA) is 98.7 Å². The Balaban J connectivity index is 2.72. The Morgan fingerprint density at radius 1 is 1.33 bits per heavy atom. The van der Waals surface area contributed by atoms with Gasteiger partial charge in [0.1, 0.15) is 5.00 Å². The van der Waals surface area contributed by atoms with Gasteiger partial charge < -0.3 is 15.5 Å². The minimum absolute atomic E-state index is 0.0245. The quantitative estimate of drug-likeness (QED) is 0.681. The first kappa shape index (κ1) is 17.2. The van der Waals surface area contributed by atoms with Crippen molar-refractivity contribution in [2.75, 3.05) is 11.9 Å². The van der Waals surface area contributed by atoms with E-state index < -0.39 is 30.8 Å². The molecule has 1 aromatic rings. The number of carbonyl (C=O) groups is 2. The number of anilines is 1. The van der Waals surface area contributed by atoms with Gasteiger partial charge in [-0.15, -0.1) is 11.3 Å². The first-order chi connectivity index (χ1) is 9.54. The Morgan fingerprint density at radius 2 is 1.90 bits per heavy atom. The van der Waals surface area contributed by atoms with Gasteiger partial charge in [0.15, 0.2) is 6.10 Å². The van der Waals surface area contributed by atoms with E-state index in [-0.39, 0.29) is 10.6 Å². The molecule has 0 bridgehead atoms. The molecule has 0 aliphatic rings. The molecule has 1 unspecified atom stereocenters. The van der Waals surface area contributed by atoms with E-state index in [9.17, 15) is 22.8 Å². The maximum absolute atomic E-state index is 12.1. The van der Waals surface area contributed by atoms with Crippen molar-refractivity contribution in [2.45, 2.75) is 26.1 Å². The maximum Gasteiger partial charge on any atom is 0.416 e. The fourth-order valence-electron chi connectivity index (χ4n) is 1.42. The van der Waals surface area contributed by atoms with Crippen molar-refractivity contribution >= 4 is 28.3 Å². The van der Waals surface area contributed by atoms with E-state index in [2.05, 4.69) is 5.32 Å². The second-order valence-corrected chi connectivity index (χ2v) is 5.41. The fraction of sp³-hybridized carbons (Fsp3) is 0.455. The number of carbonyl (C=O) groups excluding carboxylic acids is 1. The van der Waals surface area contributed by atoms with Crippen LogP contribution < -0.4 is 10.6 Å². The van der Waals surface area contributed by atoms with E-state index in [0.29, 0.717) is 10.4 Å². The van der Waals surface area contributed by atoms with E-state index in [0.717, 1.165) is 11.3 Å². The van der Waals surface area contributed by atoms with Crippen LogP contribution in [-0.2, 0) is 0 Å². The van der Waals surface area contributed by atoms with Crippen LogP contribution in [-0.4, -0.2) is 41.0 Å². The van der Waals surface area contributed by atoms with E-state index >= 15 is 0 Å². The molecule has 0 aromatic carbocycles. The van der Waals surface area contributed by atoms with Gasteiger partial charge in [0.25, 0.3) is 0 Å². The summed E-state index contributed by atoms with van der Waals surface area (Å²) in [5, 5.41) is 21.8. The third-order valence-electron chi connectivity index (χ3n) is 2.66. The number of aryl methyl sites for hydroxylation is 1. The third kappa shape index (κ3) is 4.33. The lowest BCUT2D eigenvalue weighted by Gasteiger charge is -2.15. The zero-order valence-electron chi connectivity index (χ0n) is 11.0. The van der Waals surface area contributed by atoms with Gasteiger partial charge in [-0.3, -0.25) is 5.32 Å². The number of urea groups is 1. The molecular weight excluding hydrogens is 313 g/mol. The van der Waals surface area contributed by atoms with Crippen LogP contribution in [0.3, 0.4) is 0 Å². The highest BCUT2D eigenvalue weighted by atomic mass is 32.1. The number of rotatable bonds is 4. The largest absolute Gasteiger partial charge is 0.478 e. The summed E-state index contributed by atoms with van der Waals surface area (Å²) in [6.07, 6.45) is -7.52. The number of carboxylic acids is 1. The molecule has 2 amide bonds. The van der Waals surface area contributed by atoms with Crippen molar-refractivity contribution in [1.82, 2.24) is 5.32 Å². The van der Waals surface area contributed by atoms with Crippen LogP contribution in [0.15, 0.2) is 0 Å². The van der Waals surface area contributed by atoms with Crippen molar-refractivity contribution in [1.29, 1.82) is 0 Å². The minimum atomic E-state index is -4.84. The summed E-state index contributed by atoms with van der Waals surface area (Å²) in [5.74, 6) is -1.25. The molecule has 0 aliphatic carbocycles. The molecule has 1 heterocycles. The average Bonchev–Trinajstić information content (AvgIpc) is 2.60. The smallest absolute Gasteiger partial charge is 0.416 e. The predicted octanol–water partition coefficient (Wildman–Crippen LogP) is 2.11. The Bertz CT molecular complexity index is 556. The highest BCUT2D eigenvalue weighted by Crippen LogP contribution is 2.32. The second kappa shape index (κ2) is 6.31. The van der Waals surface area contributed by atoms with Gasteiger partial charge in [-0.1, -0.05) is 0 Å². The standard InChI is InChI=1S/C11H13F3N2O4S/c1-4-5(2)21-8(7(4)9(18)19)16-10(20)15-3-6(17)11(12,13)14/h6,17H,3H2,1-2H3,(H,18,19)(H2,15,16,20). The first-order valence-corrected chi connectivity index (χ1v) is 6.48. The predicted molar refractivity (Wildman–Crippen MR) is 69.8 cm³/mol. The molecule has 0 saturated carbocycles. The Morgan fingerprint density at radius 3 is 2.38 bits per heavy atom. The summed E-state index contributed by atoms with van der Waals surface area (Å²) < 4.78 is 36.2. The van der Waals surface area contributed by atoms with Crippen LogP contribution in [0.4, 0.5) is 23.0 Å². The lowest BCUT2D eigenvalue weighted by Crippen LogP contribution is -2.42. The van der Waals surface area contributed by atoms with Crippen molar-refractivity contribution in [3.63, 3.8) is 0 Å². The number of aliphatic hydroxyl groups is 1. The number of alkyl halides is 3. The average molecular weight is 326 g/mol. The fourth-order valence-corrected chi connectivity index (χ4v) is 2.47. The molecular formula is C11H13F3N2O4S. The van der Waals surface area contributed by atoms with Gasteiger partial charge in [-0.25, -0.2) is 9.59 Å². The molecule has 0 saturated heterocycles. The van der Waals surface area contributed by atoms with Crippen LogP contribution in [0.1, 0.15) is 20.8 Å². The van der Waals surface area contributed by atoms with Crippen LogP contribution in [0.25, 0.3) is 0 Å². The van der Waals surface area contributed by atoms with Gasteiger partial charge >= 0.3 is 18.2 Å². The zero-order valence-corrected chi connectivity index (χ0v) is 11.9. The zero-order chi connectivity index (χ0) is 16.4. The Kier molecular flexibility index (Phi) is 5.18. The molecule has 4 N–H and O–H groups in total. The number of nitrogens with one attached hydrogen (secondary N) is 2. The molecule has 0 fully saturated rings. The number of aromatic carboxylic acids is 1. The van der Waals surface area contributed by atoms with Gasteiger partial charge in [0.2, 0.25) is 0 Å². The number of aliphatic hydroxyl groups excluding tert-OH is 1. The van der Waals surface area contributed by atoms with Gasteiger partial charge in [0, 0.05) is 4.88 Å². The van der Waals surface area contributed by atoms with Gasteiger partial charge in [0.05, 0.1) is 12.1 Å². The van der Waals surface area contributed by atoms with Crippen LogP contribution in [0, 0.1) is 13.8 Å². The summed E-state index contributed by atoms with van der Waals surface area (Å²) in [5.41, 5.74) is 0.363. The molecule has 1 atom stereocenters. The number of thiophene rings is 1. The molecule has 1 rings (SSSR count). The monoisotopic (exact) mass is 326 g/mol. The van der Waals surface area contributed by atoms with Gasteiger partial charge in [-0.05, 0) is 19.4 Å².